The average molecular weight is 403 g/mol. The molecule has 0 saturated heterocycles. The van der Waals surface area contributed by atoms with E-state index in [4.69, 9.17) is 4.74 Å². The number of carbonyl (C=O) groups excluding carboxylic acids is 3. The van der Waals surface area contributed by atoms with Gasteiger partial charge in [-0.1, -0.05) is 20.8 Å². The monoisotopic (exact) mass is 402 g/mol. The van der Waals surface area contributed by atoms with Gasteiger partial charge >= 0.3 is 5.97 Å². The largest absolute Gasteiger partial charge is 0.469 e. The van der Waals surface area contributed by atoms with Gasteiger partial charge in [-0.2, -0.15) is 0 Å². The summed E-state index contributed by atoms with van der Waals surface area (Å²) in [5.74, 6) is 3.55. The lowest BCUT2D eigenvalue weighted by Crippen LogP contribution is -2.57. The third kappa shape index (κ3) is 3.20. The van der Waals surface area contributed by atoms with Crippen molar-refractivity contribution in [1.82, 2.24) is 0 Å². The zero-order chi connectivity index (χ0) is 21.0. The number of hydrogen-bond donors (Lipinski definition) is 0. The van der Waals surface area contributed by atoms with E-state index in [2.05, 4.69) is 20.8 Å². The molecule has 162 valence electrons. The fourth-order valence-corrected chi connectivity index (χ4v) is 8.34. The maximum Gasteiger partial charge on any atom is 0.305 e. The van der Waals surface area contributed by atoms with Crippen molar-refractivity contribution in [2.45, 2.75) is 85.0 Å². The number of ether oxygens (including phenoxy) is 1. The Bertz CT molecular complexity index is 699. The van der Waals surface area contributed by atoms with Crippen LogP contribution < -0.4 is 0 Å². The summed E-state index contributed by atoms with van der Waals surface area (Å²) in [5.41, 5.74) is -0.0627. The number of rotatable bonds is 4. The molecule has 0 radical (unpaired) electrons. The third-order valence-electron chi connectivity index (χ3n) is 10.1. The van der Waals surface area contributed by atoms with Gasteiger partial charge in [-0.15, -0.1) is 0 Å². The fraction of sp³-hybridized carbons (Fsp3) is 0.880. The number of Topliss-reactive ketones (excluding diaryl/α,β-unsaturated/α-hetero) is 2. The van der Waals surface area contributed by atoms with Crippen molar-refractivity contribution < 1.29 is 19.1 Å². The van der Waals surface area contributed by atoms with Gasteiger partial charge < -0.3 is 4.74 Å². The second-order valence-electron chi connectivity index (χ2n) is 11.1. The van der Waals surface area contributed by atoms with Crippen LogP contribution in [0.4, 0.5) is 0 Å². The molecule has 0 N–H and O–H groups in total. The van der Waals surface area contributed by atoms with E-state index in [0.29, 0.717) is 66.3 Å². The Labute approximate surface area is 175 Å². The van der Waals surface area contributed by atoms with E-state index in [1.54, 1.807) is 0 Å². The average Bonchev–Trinajstić information content (AvgIpc) is 3.06. The Morgan fingerprint density at radius 3 is 2.59 bits per heavy atom. The summed E-state index contributed by atoms with van der Waals surface area (Å²) in [6.45, 7) is 6.87. The van der Waals surface area contributed by atoms with E-state index in [-0.39, 0.29) is 16.8 Å². The molecule has 0 aromatic rings. The first-order valence-electron chi connectivity index (χ1n) is 11.8. The summed E-state index contributed by atoms with van der Waals surface area (Å²) in [6, 6.07) is 0. The van der Waals surface area contributed by atoms with Gasteiger partial charge in [0.1, 0.15) is 11.6 Å². The Kier molecular flexibility index (Phi) is 5.44. The summed E-state index contributed by atoms with van der Waals surface area (Å²) in [6.07, 6.45) is 9.00. The maximum atomic E-state index is 13.7. The lowest BCUT2D eigenvalue weighted by Gasteiger charge is -2.59. The van der Waals surface area contributed by atoms with Crippen molar-refractivity contribution in [3.8, 4) is 0 Å². The molecule has 8 atom stereocenters. The smallest absolute Gasteiger partial charge is 0.305 e. The Morgan fingerprint density at radius 1 is 1.10 bits per heavy atom. The molecule has 4 aliphatic carbocycles. The van der Waals surface area contributed by atoms with Gasteiger partial charge in [-0.05, 0) is 79.4 Å². The van der Waals surface area contributed by atoms with Gasteiger partial charge in [0.05, 0.1) is 7.11 Å². The normalized spacial score (nSPS) is 45.2. The lowest BCUT2D eigenvalue weighted by atomic mass is 9.44. The zero-order valence-corrected chi connectivity index (χ0v) is 18.7. The highest BCUT2D eigenvalue weighted by atomic mass is 16.5. The molecule has 4 saturated carbocycles. The second kappa shape index (κ2) is 7.50. The van der Waals surface area contributed by atoms with Crippen LogP contribution in [-0.2, 0) is 19.1 Å². The minimum Gasteiger partial charge on any atom is -0.469 e. The number of ketones is 2. The Hall–Kier alpha value is -1.19. The molecular weight excluding hydrogens is 364 g/mol. The first-order valence-corrected chi connectivity index (χ1v) is 11.8. The molecule has 7 unspecified atom stereocenters. The molecule has 0 bridgehead atoms. The zero-order valence-electron chi connectivity index (χ0n) is 18.7. The van der Waals surface area contributed by atoms with Crippen molar-refractivity contribution in [2.24, 2.45) is 46.3 Å². The van der Waals surface area contributed by atoms with Crippen LogP contribution in [0.25, 0.3) is 0 Å². The second-order valence-corrected chi connectivity index (χ2v) is 11.1. The van der Waals surface area contributed by atoms with Crippen molar-refractivity contribution in [2.75, 3.05) is 7.11 Å². The van der Waals surface area contributed by atoms with E-state index >= 15 is 0 Å². The molecule has 29 heavy (non-hydrogen) atoms. The molecule has 4 heteroatoms. The first kappa shape index (κ1) is 21.1. The number of fused-ring (bicyclic) bond motifs is 5. The van der Waals surface area contributed by atoms with Crippen LogP contribution in [0.1, 0.15) is 85.0 Å². The van der Waals surface area contributed by atoms with Gasteiger partial charge in [0.2, 0.25) is 0 Å². The fourth-order valence-electron chi connectivity index (χ4n) is 8.34. The van der Waals surface area contributed by atoms with Crippen molar-refractivity contribution in [3.05, 3.63) is 0 Å². The third-order valence-corrected chi connectivity index (χ3v) is 10.1. The van der Waals surface area contributed by atoms with Gasteiger partial charge in [0.25, 0.3) is 0 Å². The minimum atomic E-state index is -0.232. The molecule has 0 aromatic carbocycles. The number of carbonyl (C=O) groups is 3. The molecule has 4 aliphatic rings. The minimum absolute atomic E-state index is 0.148. The quantitative estimate of drug-likeness (QED) is 0.622. The van der Waals surface area contributed by atoms with Gasteiger partial charge in [0.15, 0.2) is 0 Å². The summed E-state index contributed by atoms with van der Waals surface area (Å²) in [5, 5.41) is 0. The SMILES string of the molecule is COC(=O)CC[C@@H](C)C1CCC2C3CCC4CC(=O)CCC4(C)C3CC(=O)C21C. The molecule has 0 aliphatic heterocycles. The Balaban J connectivity index is 1.55. The number of methoxy groups -OCH3 is 1. The molecule has 0 amide bonds. The van der Waals surface area contributed by atoms with Gasteiger partial charge in [-0.3, -0.25) is 14.4 Å². The highest BCUT2D eigenvalue weighted by molar-refractivity contribution is 5.87. The van der Waals surface area contributed by atoms with Gasteiger partial charge in [0, 0.05) is 31.1 Å². The molecule has 0 heterocycles. The van der Waals surface area contributed by atoms with Gasteiger partial charge in [-0.25, -0.2) is 0 Å². The van der Waals surface area contributed by atoms with Crippen molar-refractivity contribution in [3.63, 3.8) is 0 Å². The molecule has 0 spiro atoms. The van der Waals surface area contributed by atoms with Crippen LogP contribution in [0, 0.1) is 46.3 Å². The van der Waals surface area contributed by atoms with Crippen LogP contribution in [0.5, 0.6) is 0 Å². The standard InChI is InChI=1S/C25H38O4/c1-15(5-10-23(28)29-4)19-8-9-20-18-7-6-16-13-17(26)11-12-24(16,2)21(18)14-22(27)25(19,20)3/h15-16,18-21H,5-14H2,1-4H3/t15-,16?,18?,19?,20?,21?,24?,25?/m1/s1. The van der Waals surface area contributed by atoms with Crippen molar-refractivity contribution >= 4 is 17.5 Å². The molecule has 4 nitrogen and oxygen atoms in total. The maximum absolute atomic E-state index is 13.7. The highest BCUT2D eigenvalue weighted by Gasteiger charge is 2.63. The van der Waals surface area contributed by atoms with E-state index in [0.717, 1.165) is 38.5 Å². The van der Waals surface area contributed by atoms with Crippen LogP contribution in [0.15, 0.2) is 0 Å². The number of hydrogen-bond acceptors (Lipinski definition) is 4. The Morgan fingerprint density at radius 2 is 1.86 bits per heavy atom. The summed E-state index contributed by atoms with van der Waals surface area (Å²) < 4.78 is 4.83. The van der Waals surface area contributed by atoms with E-state index in [9.17, 15) is 14.4 Å². The predicted octanol–water partition coefficient (Wildman–Crippen LogP) is 4.98. The topological polar surface area (TPSA) is 60.4 Å². The predicted molar refractivity (Wildman–Crippen MR) is 111 cm³/mol. The summed E-state index contributed by atoms with van der Waals surface area (Å²) in [7, 11) is 1.44. The van der Waals surface area contributed by atoms with E-state index in [1.807, 2.05) is 0 Å². The molecular formula is C25H38O4. The van der Waals surface area contributed by atoms with Crippen LogP contribution in [0.3, 0.4) is 0 Å². The summed E-state index contributed by atoms with van der Waals surface area (Å²) in [4.78, 5) is 37.4. The van der Waals surface area contributed by atoms with Crippen LogP contribution >= 0.6 is 0 Å². The van der Waals surface area contributed by atoms with E-state index < -0.39 is 0 Å². The van der Waals surface area contributed by atoms with E-state index in [1.165, 1.54) is 13.5 Å². The first-order chi connectivity index (χ1) is 13.7. The molecule has 4 rings (SSSR count). The van der Waals surface area contributed by atoms with Crippen molar-refractivity contribution in [1.29, 1.82) is 0 Å². The molecule has 0 aromatic heterocycles. The van der Waals surface area contributed by atoms with Crippen LogP contribution in [-0.4, -0.2) is 24.6 Å². The van der Waals surface area contributed by atoms with Crippen LogP contribution in [0.2, 0.25) is 0 Å². The number of esters is 1. The lowest BCUT2D eigenvalue weighted by molar-refractivity contribution is -0.159. The highest BCUT2D eigenvalue weighted by Crippen LogP contribution is 2.67. The summed E-state index contributed by atoms with van der Waals surface area (Å²) >= 11 is 0. The molecule has 4 fully saturated rings.